The maximum Gasteiger partial charge on any atom is 0.160 e. The molecule has 0 aliphatic rings. The van der Waals surface area contributed by atoms with Gasteiger partial charge in [-0.2, -0.15) is 5.26 Å². The molecule has 3 heteroatoms. The third kappa shape index (κ3) is 5.43. The van der Waals surface area contributed by atoms with Crippen molar-refractivity contribution in [1.29, 1.82) is 5.26 Å². The van der Waals surface area contributed by atoms with Crippen LogP contribution in [0.1, 0.15) is 5.56 Å². The van der Waals surface area contributed by atoms with E-state index >= 15 is 0 Å². The Hall–Kier alpha value is -8.19. The highest BCUT2D eigenvalue weighted by atomic mass is 14.9. The third-order valence-electron chi connectivity index (χ3n) is 12.2. The predicted octanol–water partition coefficient (Wildman–Crippen LogP) is 15.0. The highest BCUT2D eigenvalue weighted by molar-refractivity contribution is 6.37. The van der Waals surface area contributed by atoms with Gasteiger partial charge in [-0.15, -0.1) is 0 Å². The molecule has 1 heterocycles. The average Bonchev–Trinajstić information content (AvgIpc) is 3.32. The van der Waals surface area contributed by atoms with Gasteiger partial charge in [0.15, 0.2) is 5.82 Å². The Morgan fingerprint density at radius 2 is 0.783 bits per heavy atom. The zero-order valence-electron chi connectivity index (χ0n) is 32.4. The van der Waals surface area contributed by atoms with Gasteiger partial charge in [-0.25, -0.2) is 9.97 Å². The molecule has 3 nitrogen and oxygen atoms in total. The lowest BCUT2D eigenvalue weighted by atomic mass is 9.86. The van der Waals surface area contributed by atoms with Gasteiger partial charge in [-0.1, -0.05) is 164 Å². The summed E-state index contributed by atoms with van der Waals surface area (Å²) in [6.07, 6.45) is 0. The monoisotopic (exact) mass is 759 g/mol. The van der Waals surface area contributed by atoms with Crippen LogP contribution in [0.3, 0.4) is 0 Å². The smallest absolute Gasteiger partial charge is 0.160 e. The van der Waals surface area contributed by atoms with Crippen molar-refractivity contribution in [1.82, 2.24) is 9.97 Å². The Bertz CT molecular complexity index is 3690. The van der Waals surface area contributed by atoms with Crippen molar-refractivity contribution < 1.29 is 0 Å². The Kier molecular flexibility index (Phi) is 7.60. The third-order valence-corrected chi connectivity index (χ3v) is 12.2. The second-order valence-corrected chi connectivity index (χ2v) is 15.6. The normalized spacial score (nSPS) is 11.7. The van der Waals surface area contributed by atoms with Gasteiger partial charge in [0.05, 0.1) is 23.0 Å². The van der Waals surface area contributed by atoms with Crippen LogP contribution in [0.25, 0.3) is 121 Å². The van der Waals surface area contributed by atoms with Crippen molar-refractivity contribution in [2.24, 2.45) is 0 Å². The second kappa shape index (κ2) is 13.5. The van der Waals surface area contributed by atoms with Gasteiger partial charge in [0.1, 0.15) is 0 Å². The number of aromatic nitrogens is 2. The lowest BCUT2D eigenvalue weighted by molar-refractivity contribution is 1.18. The number of nitriles is 1. The molecule has 11 aromatic carbocycles. The quantitative estimate of drug-likeness (QED) is 0.164. The summed E-state index contributed by atoms with van der Waals surface area (Å²) in [5, 5.41) is 24.6. The van der Waals surface area contributed by atoms with Crippen LogP contribution in [0.15, 0.2) is 200 Å². The van der Waals surface area contributed by atoms with Crippen LogP contribution in [-0.4, -0.2) is 9.97 Å². The lowest BCUT2D eigenvalue weighted by Crippen LogP contribution is -1.96. The molecular weight excluding hydrogens is 727 g/mol. The Labute approximate surface area is 346 Å². The summed E-state index contributed by atoms with van der Waals surface area (Å²) in [5.74, 6) is 0.675. The van der Waals surface area contributed by atoms with Crippen molar-refractivity contribution in [3.8, 4) is 62.2 Å². The minimum atomic E-state index is 0.642. The van der Waals surface area contributed by atoms with Gasteiger partial charge in [0.25, 0.3) is 0 Å². The van der Waals surface area contributed by atoms with Gasteiger partial charge in [-0.05, 0) is 123 Å². The molecule has 12 aromatic rings. The number of fused-ring (bicyclic) bond motifs is 2. The fraction of sp³-hybridized carbons (Fsp3) is 0. The van der Waals surface area contributed by atoms with Crippen LogP contribution in [0, 0.1) is 11.3 Å². The average molecular weight is 760 g/mol. The molecule has 1 aromatic heterocycles. The highest BCUT2D eigenvalue weighted by Crippen LogP contribution is 2.44. The highest BCUT2D eigenvalue weighted by Gasteiger charge is 2.17. The number of hydrogen-bond donors (Lipinski definition) is 0. The molecule has 0 radical (unpaired) electrons. The van der Waals surface area contributed by atoms with Gasteiger partial charge in [0, 0.05) is 16.7 Å². The van der Waals surface area contributed by atoms with E-state index in [1.54, 1.807) is 0 Å². The Morgan fingerprint density at radius 1 is 0.300 bits per heavy atom. The Balaban J connectivity index is 1.02. The molecule has 0 amide bonds. The van der Waals surface area contributed by atoms with Crippen molar-refractivity contribution >= 4 is 64.6 Å². The van der Waals surface area contributed by atoms with Gasteiger partial charge in [0.2, 0.25) is 0 Å². The maximum atomic E-state index is 9.33. The van der Waals surface area contributed by atoms with Crippen LogP contribution >= 0.6 is 0 Å². The van der Waals surface area contributed by atoms with E-state index in [9.17, 15) is 5.26 Å². The van der Waals surface area contributed by atoms with Crippen LogP contribution < -0.4 is 0 Å². The standard InChI is InChI=1S/C57H33N3/c58-34-35-18-20-36(21-19-35)43-13-4-14-44(30-43)52-33-51(59-57(60-52)42-8-2-1-3-9-42)38-24-22-37(23-25-38)46-31-45-29-28-41-11-6-16-48-47-15-5-10-39-26-27-40-12-7-17-49(55(40)53(39)47)50(32-46)56(45)54(41)48/h1-33H. The van der Waals surface area contributed by atoms with Crippen molar-refractivity contribution in [3.63, 3.8) is 0 Å². The van der Waals surface area contributed by atoms with E-state index in [0.29, 0.717) is 11.4 Å². The molecular formula is C57H33N3. The topological polar surface area (TPSA) is 49.6 Å². The molecule has 0 aliphatic heterocycles. The number of rotatable bonds is 5. The van der Waals surface area contributed by atoms with Crippen molar-refractivity contribution in [2.75, 3.05) is 0 Å². The van der Waals surface area contributed by atoms with E-state index in [0.717, 1.165) is 44.8 Å². The molecule has 12 rings (SSSR count). The van der Waals surface area contributed by atoms with Crippen LogP contribution in [-0.2, 0) is 0 Å². The fourth-order valence-corrected chi connectivity index (χ4v) is 9.34. The van der Waals surface area contributed by atoms with E-state index in [-0.39, 0.29) is 0 Å². The lowest BCUT2D eigenvalue weighted by Gasteiger charge is -2.17. The fourth-order valence-electron chi connectivity index (χ4n) is 9.34. The van der Waals surface area contributed by atoms with Gasteiger partial charge < -0.3 is 0 Å². The summed E-state index contributed by atoms with van der Waals surface area (Å²) in [7, 11) is 0. The maximum absolute atomic E-state index is 9.33. The minimum Gasteiger partial charge on any atom is -0.228 e. The van der Waals surface area contributed by atoms with Crippen LogP contribution in [0.2, 0.25) is 0 Å². The number of nitrogens with zero attached hydrogens (tertiary/aromatic N) is 3. The SMILES string of the molecule is N#Cc1ccc(-c2cccc(-c3cc(-c4ccc(-c5cc6ccc7cccc8c9cccc%10ccc%11cccc(c(c5)c6c78)c%11c%109)cc4)nc(-c4ccccc4)n3)c2)cc1. The molecule has 0 atom stereocenters. The van der Waals surface area contributed by atoms with Gasteiger partial charge in [-0.3, -0.25) is 0 Å². The van der Waals surface area contributed by atoms with Crippen molar-refractivity contribution in [2.45, 2.75) is 0 Å². The summed E-state index contributed by atoms with van der Waals surface area (Å²) >= 11 is 0. The molecule has 0 unspecified atom stereocenters. The van der Waals surface area contributed by atoms with Gasteiger partial charge >= 0.3 is 0 Å². The molecule has 0 N–H and O–H groups in total. The number of hydrogen-bond acceptors (Lipinski definition) is 3. The van der Waals surface area contributed by atoms with E-state index in [4.69, 9.17) is 9.97 Å². The van der Waals surface area contributed by atoms with E-state index in [1.165, 1.54) is 70.2 Å². The summed E-state index contributed by atoms with van der Waals surface area (Å²) in [6.45, 7) is 0. The first-order chi connectivity index (χ1) is 29.7. The zero-order chi connectivity index (χ0) is 39.7. The minimum absolute atomic E-state index is 0.642. The first kappa shape index (κ1) is 33.9. The van der Waals surface area contributed by atoms with E-state index in [2.05, 4.69) is 164 Å². The molecule has 0 bridgehead atoms. The number of benzene rings is 10. The van der Waals surface area contributed by atoms with Crippen LogP contribution in [0.4, 0.5) is 0 Å². The molecule has 60 heavy (non-hydrogen) atoms. The molecule has 0 saturated carbocycles. The summed E-state index contributed by atoms with van der Waals surface area (Å²) in [6, 6.07) is 73.5. The Morgan fingerprint density at radius 3 is 1.42 bits per heavy atom. The molecule has 276 valence electrons. The summed E-state index contributed by atoms with van der Waals surface area (Å²) < 4.78 is 0. The second-order valence-electron chi connectivity index (χ2n) is 15.6. The molecule has 0 aliphatic carbocycles. The van der Waals surface area contributed by atoms with Crippen molar-refractivity contribution in [3.05, 3.63) is 206 Å². The molecule has 0 fully saturated rings. The van der Waals surface area contributed by atoms with E-state index in [1.807, 2.05) is 42.5 Å². The zero-order valence-corrected chi connectivity index (χ0v) is 32.4. The summed E-state index contributed by atoms with van der Waals surface area (Å²) in [5.41, 5.74) is 9.74. The van der Waals surface area contributed by atoms with E-state index < -0.39 is 0 Å². The first-order valence-electron chi connectivity index (χ1n) is 20.3. The molecule has 0 spiro atoms. The largest absolute Gasteiger partial charge is 0.228 e. The predicted molar refractivity (Wildman–Crippen MR) is 250 cm³/mol. The van der Waals surface area contributed by atoms with Crippen LogP contribution in [0.5, 0.6) is 0 Å². The molecule has 0 saturated heterocycles. The first-order valence-corrected chi connectivity index (χ1v) is 20.3. The summed E-state index contributed by atoms with van der Waals surface area (Å²) in [4.78, 5) is 10.2.